The summed E-state index contributed by atoms with van der Waals surface area (Å²) in [5.41, 5.74) is 1.49. The Morgan fingerprint density at radius 2 is 2.03 bits per heavy atom. The molecule has 3 aliphatic rings. The molecular formula is C22H29NO6. The minimum Gasteiger partial charge on any atom is -0.507 e. The Balaban J connectivity index is 1.76. The number of carbonyl (C=O) groups excluding carboxylic acids is 2. The molecule has 1 amide bonds. The molecule has 0 aliphatic carbocycles. The molecule has 0 unspecified atom stereocenters. The lowest BCUT2D eigenvalue weighted by Crippen LogP contribution is -2.59. The van der Waals surface area contributed by atoms with Gasteiger partial charge in [0.1, 0.15) is 11.3 Å². The summed E-state index contributed by atoms with van der Waals surface area (Å²) in [7, 11) is 0. The molecular weight excluding hydrogens is 374 g/mol. The smallest absolute Gasteiger partial charge is 0.259 e. The van der Waals surface area contributed by atoms with Gasteiger partial charge in [0.05, 0.1) is 24.9 Å². The molecule has 3 N–H and O–H groups in total. The molecule has 7 nitrogen and oxygen atoms in total. The van der Waals surface area contributed by atoms with Crippen molar-refractivity contribution in [3.05, 3.63) is 46.8 Å². The maximum absolute atomic E-state index is 11.7. The van der Waals surface area contributed by atoms with Crippen LogP contribution in [0.3, 0.4) is 0 Å². The van der Waals surface area contributed by atoms with E-state index in [1.807, 2.05) is 40.7 Å². The van der Waals surface area contributed by atoms with E-state index in [9.17, 15) is 19.8 Å². The Hall–Kier alpha value is -2.22. The van der Waals surface area contributed by atoms with Crippen LogP contribution in [0.5, 0.6) is 0 Å². The number of hydrogen-bond donors (Lipinski definition) is 3. The van der Waals surface area contributed by atoms with E-state index in [0.717, 1.165) is 11.1 Å². The van der Waals surface area contributed by atoms with Gasteiger partial charge >= 0.3 is 0 Å². The summed E-state index contributed by atoms with van der Waals surface area (Å²) in [6, 6.07) is 0. The van der Waals surface area contributed by atoms with Crippen molar-refractivity contribution >= 4 is 11.7 Å². The van der Waals surface area contributed by atoms with Gasteiger partial charge in [-0.3, -0.25) is 9.59 Å². The Kier molecular flexibility index (Phi) is 5.85. The molecule has 3 heterocycles. The number of aliphatic hydroxyl groups excluding tert-OH is 2. The first-order chi connectivity index (χ1) is 13.5. The van der Waals surface area contributed by atoms with Gasteiger partial charge in [-0.1, -0.05) is 31.6 Å². The maximum atomic E-state index is 11.7. The number of hydrogen-bond acceptors (Lipinski definition) is 6. The van der Waals surface area contributed by atoms with E-state index in [0.29, 0.717) is 0 Å². The van der Waals surface area contributed by atoms with E-state index in [1.54, 1.807) is 12.2 Å². The average Bonchev–Trinajstić information content (AvgIpc) is 2.98. The van der Waals surface area contributed by atoms with Crippen molar-refractivity contribution in [2.75, 3.05) is 6.54 Å². The topological polar surface area (TPSA) is 105 Å². The highest BCUT2D eigenvalue weighted by Gasteiger charge is 2.50. The first-order valence-corrected chi connectivity index (χ1v) is 9.87. The first-order valence-electron chi connectivity index (χ1n) is 9.87. The summed E-state index contributed by atoms with van der Waals surface area (Å²) in [4.78, 5) is 23.3. The number of carbonyl (C=O) groups is 2. The van der Waals surface area contributed by atoms with E-state index in [-0.39, 0.29) is 41.9 Å². The molecule has 158 valence electrons. The molecule has 0 saturated carbocycles. The number of fused-ring (bicyclic) bond motifs is 2. The number of nitrogens with one attached hydrogen (secondary N) is 1. The van der Waals surface area contributed by atoms with Gasteiger partial charge in [-0.2, -0.15) is 0 Å². The molecule has 2 saturated heterocycles. The van der Waals surface area contributed by atoms with Gasteiger partial charge < -0.3 is 25.0 Å². The van der Waals surface area contributed by atoms with Crippen molar-refractivity contribution in [2.24, 2.45) is 11.8 Å². The maximum Gasteiger partial charge on any atom is 0.259 e. The third kappa shape index (κ3) is 4.08. The van der Waals surface area contributed by atoms with Crippen LogP contribution in [0.1, 0.15) is 34.6 Å². The zero-order chi connectivity index (χ0) is 21.5. The predicted molar refractivity (Wildman–Crippen MR) is 107 cm³/mol. The molecule has 2 fully saturated rings. The highest BCUT2D eigenvalue weighted by molar-refractivity contribution is 6.25. The molecule has 3 aliphatic heterocycles. The van der Waals surface area contributed by atoms with Gasteiger partial charge in [-0.15, -0.1) is 0 Å². The minimum absolute atomic E-state index is 0.00434. The number of ether oxygens (including phenoxy) is 2. The van der Waals surface area contributed by atoms with E-state index < -0.39 is 23.6 Å². The Morgan fingerprint density at radius 3 is 2.66 bits per heavy atom. The average molecular weight is 403 g/mol. The van der Waals surface area contributed by atoms with Gasteiger partial charge in [0, 0.05) is 11.8 Å². The second-order valence-electron chi connectivity index (χ2n) is 8.28. The molecule has 0 aromatic carbocycles. The van der Waals surface area contributed by atoms with Gasteiger partial charge in [-0.25, -0.2) is 0 Å². The van der Waals surface area contributed by atoms with Crippen LogP contribution in [0.25, 0.3) is 0 Å². The van der Waals surface area contributed by atoms with Gasteiger partial charge in [0.2, 0.25) is 0 Å². The van der Waals surface area contributed by atoms with Crippen molar-refractivity contribution in [2.45, 2.75) is 58.7 Å². The lowest BCUT2D eigenvalue weighted by Gasteiger charge is -2.52. The molecule has 0 spiro atoms. The largest absolute Gasteiger partial charge is 0.507 e. The standard InChI is InChI=1S/C22H29NO6/c1-11(6-7-15(24)18-17(26)10-23-21(18)27)8-12(2)19-14(4)20-16(25)9-13(3)22(5,28-19)29-20/h6-9,12,14,16,19-20,24-25H,10H2,1-5H3,(H,23,27)/b7-6+,11-8+,18-15+/t12-,14-,16-,19-,20+,22+/m1/s1. The second-order valence-corrected chi connectivity index (χ2v) is 8.28. The highest BCUT2D eigenvalue weighted by Crippen LogP contribution is 2.43. The van der Waals surface area contributed by atoms with E-state index in [2.05, 4.69) is 5.32 Å². The summed E-state index contributed by atoms with van der Waals surface area (Å²) in [6.07, 6.45) is 5.64. The van der Waals surface area contributed by atoms with Gasteiger partial charge in [0.25, 0.3) is 5.91 Å². The SMILES string of the molecule is CC1=C[C@@H](O)[C@H]2O[C@]1(C)O[C@H]([C@H](C)/C=C(C)/C=C/C(O)=C1/C(=O)CNC1=O)[C@H]2C. The predicted octanol–water partition coefficient (Wildman–Crippen LogP) is 2.09. The van der Waals surface area contributed by atoms with Crippen LogP contribution < -0.4 is 5.32 Å². The number of allylic oxidation sites excluding steroid dienone is 3. The summed E-state index contributed by atoms with van der Waals surface area (Å²) >= 11 is 0. The minimum atomic E-state index is -0.855. The third-order valence-electron chi connectivity index (χ3n) is 5.95. The monoisotopic (exact) mass is 403 g/mol. The van der Waals surface area contributed by atoms with Crippen molar-refractivity contribution in [3.63, 3.8) is 0 Å². The summed E-state index contributed by atoms with van der Waals surface area (Å²) in [6.45, 7) is 9.57. The quantitative estimate of drug-likeness (QED) is 0.218. The molecule has 0 radical (unpaired) electrons. The van der Waals surface area contributed by atoms with Crippen LogP contribution in [0.15, 0.2) is 46.8 Å². The van der Waals surface area contributed by atoms with Crippen molar-refractivity contribution in [1.29, 1.82) is 0 Å². The summed E-state index contributed by atoms with van der Waals surface area (Å²) in [5, 5.41) is 22.8. The number of ketones is 1. The van der Waals surface area contributed by atoms with Crippen molar-refractivity contribution in [3.8, 4) is 0 Å². The molecule has 0 aromatic heterocycles. The van der Waals surface area contributed by atoms with E-state index >= 15 is 0 Å². The van der Waals surface area contributed by atoms with Crippen LogP contribution in [0.4, 0.5) is 0 Å². The molecule has 2 bridgehead atoms. The summed E-state index contributed by atoms with van der Waals surface area (Å²) in [5.74, 6) is -2.19. The van der Waals surface area contributed by atoms with Crippen LogP contribution >= 0.6 is 0 Å². The van der Waals surface area contributed by atoms with E-state index in [4.69, 9.17) is 9.47 Å². The van der Waals surface area contributed by atoms with Crippen molar-refractivity contribution in [1.82, 2.24) is 5.32 Å². The highest BCUT2D eigenvalue weighted by atomic mass is 16.7. The lowest BCUT2D eigenvalue weighted by molar-refractivity contribution is -0.331. The fraction of sp³-hybridized carbons (Fsp3) is 0.545. The Labute approximate surface area is 170 Å². The molecule has 3 rings (SSSR count). The summed E-state index contributed by atoms with van der Waals surface area (Å²) < 4.78 is 12.3. The first kappa shape index (κ1) is 21.5. The molecule has 7 heteroatoms. The molecule has 29 heavy (non-hydrogen) atoms. The van der Waals surface area contributed by atoms with Crippen LogP contribution in [0, 0.1) is 11.8 Å². The zero-order valence-electron chi connectivity index (χ0n) is 17.4. The number of amides is 1. The number of aliphatic hydroxyl groups is 2. The van der Waals surface area contributed by atoms with Crippen molar-refractivity contribution < 1.29 is 29.3 Å². The zero-order valence-corrected chi connectivity index (χ0v) is 17.4. The molecule has 0 aromatic rings. The fourth-order valence-corrected chi connectivity index (χ4v) is 4.19. The molecule has 6 atom stereocenters. The van der Waals surface area contributed by atoms with Crippen LogP contribution in [-0.2, 0) is 19.1 Å². The van der Waals surface area contributed by atoms with Gasteiger partial charge in [-0.05, 0) is 38.5 Å². The third-order valence-corrected chi connectivity index (χ3v) is 5.95. The van der Waals surface area contributed by atoms with E-state index in [1.165, 1.54) is 6.08 Å². The fourth-order valence-electron chi connectivity index (χ4n) is 4.19. The second kappa shape index (κ2) is 7.89. The number of rotatable bonds is 4. The normalized spacial score (nSPS) is 38.1. The lowest BCUT2D eigenvalue weighted by atomic mass is 9.81. The number of Topliss-reactive ketones (excluding diaryl/α,β-unsaturated/α-hetero) is 1. The van der Waals surface area contributed by atoms with Gasteiger partial charge in [0.15, 0.2) is 11.6 Å². The van der Waals surface area contributed by atoms with Crippen LogP contribution in [0.2, 0.25) is 0 Å². The van der Waals surface area contributed by atoms with Crippen LogP contribution in [-0.4, -0.2) is 52.5 Å². The Morgan fingerprint density at radius 1 is 1.34 bits per heavy atom. The Bertz CT molecular complexity index is 820.